The number of aromatic carboxylic acids is 1. The summed E-state index contributed by atoms with van der Waals surface area (Å²) >= 11 is 0. The van der Waals surface area contributed by atoms with Crippen molar-refractivity contribution in [3.05, 3.63) is 53.5 Å². The molecule has 98 valence electrons. The van der Waals surface area contributed by atoms with Gasteiger partial charge in [-0.1, -0.05) is 0 Å². The molecule has 6 nitrogen and oxygen atoms in total. The molecule has 2 aromatic rings. The Balaban J connectivity index is 2.04. The molecule has 0 radical (unpaired) electrons. The van der Waals surface area contributed by atoms with E-state index in [1.54, 1.807) is 30.3 Å². The number of hydrogen-bond donors (Lipinski definition) is 3. The van der Waals surface area contributed by atoms with E-state index in [9.17, 15) is 9.59 Å². The third-order valence-corrected chi connectivity index (χ3v) is 2.59. The van der Waals surface area contributed by atoms with Crippen molar-refractivity contribution in [1.82, 2.24) is 0 Å². The van der Waals surface area contributed by atoms with Crippen molar-refractivity contribution >= 4 is 17.6 Å². The molecule has 0 atom stereocenters. The first-order valence-corrected chi connectivity index (χ1v) is 5.51. The van der Waals surface area contributed by atoms with Gasteiger partial charge in [0.15, 0.2) is 0 Å². The Morgan fingerprint density at radius 3 is 2.47 bits per heavy atom. The summed E-state index contributed by atoms with van der Waals surface area (Å²) in [5, 5.41) is 11.9. The number of rotatable bonds is 5. The number of nitrogens with one attached hydrogen (secondary N) is 1. The van der Waals surface area contributed by atoms with Gasteiger partial charge in [-0.25, -0.2) is 4.79 Å². The maximum absolute atomic E-state index is 10.9. The molecule has 0 unspecified atom stereocenters. The Kier molecular flexibility index (Phi) is 3.51. The van der Waals surface area contributed by atoms with E-state index in [0.29, 0.717) is 17.7 Å². The van der Waals surface area contributed by atoms with Gasteiger partial charge in [-0.05, 0) is 30.3 Å². The predicted molar refractivity (Wildman–Crippen MR) is 68.0 cm³/mol. The van der Waals surface area contributed by atoms with Crippen LogP contribution in [0.3, 0.4) is 0 Å². The summed E-state index contributed by atoms with van der Waals surface area (Å²) in [7, 11) is 0. The molecular formula is C13H12N2O4. The molecule has 0 saturated heterocycles. The molecule has 0 bridgehead atoms. The fourth-order valence-electron chi connectivity index (χ4n) is 1.61. The number of furan rings is 1. The van der Waals surface area contributed by atoms with Crippen molar-refractivity contribution in [2.24, 2.45) is 5.73 Å². The van der Waals surface area contributed by atoms with Gasteiger partial charge in [0.2, 0.25) is 11.7 Å². The maximum Gasteiger partial charge on any atom is 0.372 e. The molecule has 1 aromatic carbocycles. The van der Waals surface area contributed by atoms with Crippen LogP contribution in [-0.4, -0.2) is 17.0 Å². The Morgan fingerprint density at radius 2 is 1.89 bits per heavy atom. The number of hydrogen-bond acceptors (Lipinski definition) is 4. The van der Waals surface area contributed by atoms with E-state index >= 15 is 0 Å². The van der Waals surface area contributed by atoms with Crippen molar-refractivity contribution < 1.29 is 19.1 Å². The summed E-state index contributed by atoms with van der Waals surface area (Å²) in [5.41, 5.74) is 6.85. The molecule has 0 spiro atoms. The van der Waals surface area contributed by atoms with E-state index in [2.05, 4.69) is 5.32 Å². The van der Waals surface area contributed by atoms with Gasteiger partial charge in [0, 0.05) is 23.4 Å². The van der Waals surface area contributed by atoms with Crippen LogP contribution in [0.1, 0.15) is 26.5 Å². The van der Waals surface area contributed by atoms with Crippen LogP contribution in [0, 0.1) is 0 Å². The van der Waals surface area contributed by atoms with E-state index in [1.807, 2.05) is 0 Å². The average molecular weight is 260 g/mol. The van der Waals surface area contributed by atoms with Crippen molar-refractivity contribution in [2.45, 2.75) is 6.54 Å². The van der Waals surface area contributed by atoms with Crippen molar-refractivity contribution in [3.8, 4) is 0 Å². The fourth-order valence-corrected chi connectivity index (χ4v) is 1.61. The second kappa shape index (κ2) is 5.26. The SMILES string of the molecule is NC(=O)c1ccc(NCc2ccoc2C(=O)O)cc1. The van der Waals surface area contributed by atoms with Gasteiger partial charge in [0.05, 0.1) is 6.26 Å². The van der Waals surface area contributed by atoms with Gasteiger partial charge in [-0.15, -0.1) is 0 Å². The molecular weight excluding hydrogens is 248 g/mol. The lowest BCUT2D eigenvalue weighted by Crippen LogP contribution is -2.10. The number of primary amides is 1. The molecule has 1 heterocycles. The van der Waals surface area contributed by atoms with Crippen LogP contribution in [0.2, 0.25) is 0 Å². The molecule has 0 aliphatic rings. The molecule has 2 rings (SSSR count). The number of carbonyl (C=O) groups is 2. The van der Waals surface area contributed by atoms with E-state index in [-0.39, 0.29) is 5.76 Å². The summed E-state index contributed by atoms with van der Waals surface area (Å²) in [4.78, 5) is 21.7. The fraction of sp³-hybridized carbons (Fsp3) is 0.0769. The summed E-state index contributed by atoms with van der Waals surface area (Å²) < 4.78 is 4.86. The highest BCUT2D eigenvalue weighted by molar-refractivity contribution is 5.93. The number of nitrogens with two attached hydrogens (primary N) is 1. The Morgan fingerprint density at radius 1 is 1.21 bits per heavy atom. The van der Waals surface area contributed by atoms with Crippen LogP contribution < -0.4 is 11.1 Å². The van der Waals surface area contributed by atoms with Crippen LogP contribution >= 0.6 is 0 Å². The molecule has 6 heteroatoms. The minimum Gasteiger partial charge on any atom is -0.475 e. The molecule has 0 saturated carbocycles. The zero-order chi connectivity index (χ0) is 13.8. The van der Waals surface area contributed by atoms with Gasteiger partial charge >= 0.3 is 5.97 Å². The Bertz CT molecular complexity index is 601. The lowest BCUT2D eigenvalue weighted by molar-refractivity contribution is 0.0660. The summed E-state index contributed by atoms with van der Waals surface area (Å²) in [6.45, 7) is 0.314. The van der Waals surface area contributed by atoms with Crippen LogP contribution in [0.5, 0.6) is 0 Å². The lowest BCUT2D eigenvalue weighted by atomic mass is 10.2. The van der Waals surface area contributed by atoms with Crippen LogP contribution in [-0.2, 0) is 6.54 Å². The van der Waals surface area contributed by atoms with Gasteiger partial charge in [0.25, 0.3) is 0 Å². The molecule has 4 N–H and O–H groups in total. The van der Waals surface area contributed by atoms with Crippen molar-refractivity contribution in [2.75, 3.05) is 5.32 Å². The van der Waals surface area contributed by atoms with Gasteiger partial charge in [-0.2, -0.15) is 0 Å². The van der Waals surface area contributed by atoms with Gasteiger partial charge in [0.1, 0.15) is 0 Å². The van der Waals surface area contributed by atoms with E-state index in [1.165, 1.54) is 6.26 Å². The minimum atomic E-state index is -1.11. The van der Waals surface area contributed by atoms with E-state index < -0.39 is 11.9 Å². The zero-order valence-electron chi connectivity index (χ0n) is 9.92. The average Bonchev–Trinajstić information content (AvgIpc) is 2.85. The third kappa shape index (κ3) is 2.92. The van der Waals surface area contributed by atoms with Crippen molar-refractivity contribution in [3.63, 3.8) is 0 Å². The largest absolute Gasteiger partial charge is 0.475 e. The van der Waals surface area contributed by atoms with Crippen LogP contribution in [0.4, 0.5) is 5.69 Å². The Hall–Kier alpha value is -2.76. The molecule has 1 aromatic heterocycles. The third-order valence-electron chi connectivity index (χ3n) is 2.59. The highest BCUT2D eigenvalue weighted by atomic mass is 16.4. The quantitative estimate of drug-likeness (QED) is 0.758. The molecule has 0 fully saturated rings. The first-order chi connectivity index (χ1) is 9.08. The smallest absolute Gasteiger partial charge is 0.372 e. The summed E-state index contributed by atoms with van der Waals surface area (Å²) in [6.07, 6.45) is 1.33. The number of carbonyl (C=O) groups excluding carboxylic acids is 1. The summed E-state index contributed by atoms with van der Waals surface area (Å²) in [6, 6.07) is 8.17. The van der Waals surface area contributed by atoms with Gasteiger partial charge in [-0.3, -0.25) is 4.79 Å². The Labute approximate surface area is 108 Å². The number of carboxylic acid groups (broad SMARTS) is 1. The maximum atomic E-state index is 10.9. The zero-order valence-corrected chi connectivity index (χ0v) is 9.92. The first-order valence-electron chi connectivity index (χ1n) is 5.51. The van der Waals surface area contributed by atoms with E-state index in [0.717, 1.165) is 5.69 Å². The highest BCUT2D eigenvalue weighted by Gasteiger charge is 2.13. The first kappa shape index (κ1) is 12.7. The molecule has 1 amide bonds. The number of carboxylic acids is 1. The number of benzene rings is 1. The number of amides is 1. The molecule has 19 heavy (non-hydrogen) atoms. The predicted octanol–water partition coefficient (Wildman–Crippen LogP) is 1.69. The summed E-state index contributed by atoms with van der Waals surface area (Å²) in [5.74, 6) is -1.68. The molecule has 0 aliphatic carbocycles. The minimum absolute atomic E-state index is 0.0822. The van der Waals surface area contributed by atoms with E-state index in [4.69, 9.17) is 15.3 Å². The lowest BCUT2D eigenvalue weighted by Gasteiger charge is -2.06. The van der Waals surface area contributed by atoms with Crippen LogP contribution in [0.15, 0.2) is 41.0 Å². The van der Waals surface area contributed by atoms with Crippen molar-refractivity contribution in [1.29, 1.82) is 0 Å². The number of anilines is 1. The second-order valence-corrected chi connectivity index (χ2v) is 3.88. The van der Waals surface area contributed by atoms with Crippen LogP contribution in [0.25, 0.3) is 0 Å². The topological polar surface area (TPSA) is 106 Å². The monoisotopic (exact) mass is 260 g/mol. The standard InChI is InChI=1S/C13H12N2O4/c14-12(16)8-1-3-10(4-2-8)15-7-9-5-6-19-11(9)13(17)18/h1-6,15H,7H2,(H2,14,16)(H,17,18). The normalized spacial score (nSPS) is 10.1. The highest BCUT2D eigenvalue weighted by Crippen LogP contribution is 2.14. The molecule has 0 aliphatic heterocycles. The second-order valence-electron chi connectivity index (χ2n) is 3.88. The van der Waals surface area contributed by atoms with Gasteiger partial charge < -0.3 is 20.6 Å².